The predicted molar refractivity (Wildman–Crippen MR) is 76.1 cm³/mol. The van der Waals surface area contributed by atoms with Gasteiger partial charge in [0, 0.05) is 25.3 Å². The van der Waals surface area contributed by atoms with Gasteiger partial charge >= 0.3 is 0 Å². The number of aryl methyl sites for hydroxylation is 1. The van der Waals surface area contributed by atoms with Crippen molar-refractivity contribution in [2.75, 3.05) is 26.4 Å². The van der Waals surface area contributed by atoms with Crippen molar-refractivity contribution in [2.45, 2.75) is 25.7 Å². The van der Waals surface area contributed by atoms with E-state index in [1.54, 1.807) is 0 Å². The number of carbonyl (C=O) groups is 1. The van der Waals surface area contributed by atoms with Crippen molar-refractivity contribution >= 4 is 5.91 Å². The van der Waals surface area contributed by atoms with Crippen molar-refractivity contribution in [3.8, 4) is 5.75 Å². The van der Waals surface area contributed by atoms with Crippen LogP contribution in [0.25, 0.3) is 0 Å². The zero-order valence-corrected chi connectivity index (χ0v) is 11.7. The lowest BCUT2D eigenvalue weighted by Crippen LogP contribution is -2.26. The van der Waals surface area contributed by atoms with Crippen LogP contribution in [-0.4, -0.2) is 32.3 Å². The molecule has 3 rings (SSSR count). The first-order valence-electron chi connectivity index (χ1n) is 7.44. The van der Waals surface area contributed by atoms with Crippen LogP contribution in [0, 0.1) is 5.92 Å². The van der Waals surface area contributed by atoms with Gasteiger partial charge in [-0.05, 0) is 55.4 Å². The zero-order valence-electron chi connectivity index (χ0n) is 11.7. The molecule has 1 atom stereocenters. The summed E-state index contributed by atoms with van der Waals surface area (Å²) in [6, 6.07) is 5.72. The van der Waals surface area contributed by atoms with Crippen molar-refractivity contribution in [1.29, 1.82) is 0 Å². The Bertz CT molecular complexity index is 481. The highest BCUT2D eigenvalue weighted by Crippen LogP contribution is 2.25. The maximum atomic E-state index is 12.1. The van der Waals surface area contributed by atoms with Gasteiger partial charge in [-0.1, -0.05) is 0 Å². The highest BCUT2D eigenvalue weighted by atomic mass is 16.5. The van der Waals surface area contributed by atoms with E-state index < -0.39 is 0 Å². The molecule has 2 heterocycles. The van der Waals surface area contributed by atoms with Crippen molar-refractivity contribution in [3.05, 3.63) is 29.3 Å². The largest absolute Gasteiger partial charge is 0.493 e. The lowest BCUT2D eigenvalue weighted by molar-refractivity contribution is 0.0950. The highest BCUT2D eigenvalue weighted by Gasteiger charge is 2.16. The number of hydrogen-bond acceptors (Lipinski definition) is 3. The number of hydrogen-bond donors (Lipinski definition) is 1. The molecule has 0 saturated carbocycles. The van der Waals surface area contributed by atoms with Gasteiger partial charge in [0.2, 0.25) is 0 Å². The molecule has 1 fully saturated rings. The van der Waals surface area contributed by atoms with E-state index in [1.807, 2.05) is 18.2 Å². The summed E-state index contributed by atoms with van der Waals surface area (Å²) in [5.41, 5.74) is 1.88. The van der Waals surface area contributed by atoms with Crippen LogP contribution in [0.3, 0.4) is 0 Å². The van der Waals surface area contributed by atoms with Gasteiger partial charge in [-0.3, -0.25) is 4.79 Å². The van der Waals surface area contributed by atoms with Crippen LogP contribution >= 0.6 is 0 Å². The second-order valence-electron chi connectivity index (χ2n) is 5.55. The van der Waals surface area contributed by atoms with E-state index in [2.05, 4.69) is 5.32 Å². The number of rotatable bonds is 4. The topological polar surface area (TPSA) is 47.6 Å². The molecule has 1 amide bonds. The molecule has 1 aromatic rings. The molecule has 2 aliphatic heterocycles. The number of ether oxygens (including phenoxy) is 2. The van der Waals surface area contributed by atoms with Gasteiger partial charge in [0.05, 0.1) is 6.61 Å². The predicted octanol–water partition coefficient (Wildman–Crippen LogP) is 2.17. The lowest BCUT2D eigenvalue weighted by atomic mass is 10.0. The Morgan fingerprint density at radius 3 is 3.15 bits per heavy atom. The molecule has 0 aliphatic carbocycles. The fourth-order valence-electron chi connectivity index (χ4n) is 2.80. The summed E-state index contributed by atoms with van der Waals surface area (Å²) >= 11 is 0. The summed E-state index contributed by atoms with van der Waals surface area (Å²) < 4.78 is 10.9. The van der Waals surface area contributed by atoms with Crippen LogP contribution < -0.4 is 10.1 Å². The highest BCUT2D eigenvalue weighted by molar-refractivity contribution is 5.94. The lowest BCUT2D eigenvalue weighted by Gasteiger charge is -2.17. The van der Waals surface area contributed by atoms with Crippen LogP contribution in [0.15, 0.2) is 18.2 Å². The van der Waals surface area contributed by atoms with E-state index in [0.717, 1.165) is 68.9 Å². The third kappa shape index (κ3) is 3.12. The Balaban J connectivity index is 1.53. The monoisotopic (exact) mass is 275 g/mol. The summed E-state index contributed by atoms with van der Waals surface area (Å²) in [7, 11) is 0. The van der Waals surface area contributed by atoms with Gasteiger partial charge in [0.25, 0.3) is 5.91 Å². The van der Waals surface area contributed by atoms with E-state index in [4.69, 9.17) is 9.47 Å². The smallest absolute Gasteiger partial charge is 0.251 e. The molecule has 0 aromatic heterocycles. The molecule has 1 aromatic carbocycles. The molecule has 0 spiro atoms. The second kappa shape index (κ2) is 6.27. The minimum Gasteiger partial charge on any atom is -0.493 e. The molecule has 0 bridgehead atoms. The minimum absolute atomic E-state index is 0.0114. The molecule has 4 nitrogen and oxygen atoms in total. The molecular formula is C16H21NO3. The third-order valence-corrected chi connectivity index (χ3v) is 4.03. The Morgan fingerprint density at radius 1 is 1.35 bits per heavy atom. The van der Waals surface area contributed by atoms with Gasteiger partial charge in [0.15, 0.2) is 0 Å². The molecule has 1 N–H and O–H groups in total. The Hall–Kier alpha value is -1.55. The molecule has 0 radical (unpaired) electrons. The summed E-state index contributed by atoms with van der Waals surface area (Å²) in [4.78, 5) is 12.1. The van der Waals surface area contributed by atoms with Crippen LogP contribution in [0.1, 0.15) is 35.2 Å². The SMILES string of the molecule is O=C(NCC[C@@H]1CCOC1)c1ccc2c(c1)CCCO2. The van der Waals surface area contributed by atoms with Crippen LogP contribution in [-0.2, 0) is 11.2 Å². The summed E-state index contributed by atoms with van der Waals surface area (Å²) in [6.45, 7) is 3.21. The number of amides is 1. The van der Waals surface area contributed by atoms with Crippen LogP contribution in [0.5, 0.6) is 5.75 Å². The molecule has 2 aliphatic rings. The maximum absolute atomic E-state index is 12.1. The number of carbonyl (C=O) groups excluding carboxylic acids is 1. The van der Waals surface area contributed by atoms with E-state index in [1.165, 1.54) is 0 Å². The van der Waals surface area contributed by atoms with E-state index >= 15 is 0 Å². The maximum Gasteiger partial charge on any atom is 0.251 e. The molecule has 0 unspecified atom stereocenters. The minimum atomic E-state index is 0.0114. The van der Waals surface area contributed by atoms with Gasteiger partial charge in [-0.25, -0.2) is 0 Å². The number of benzene rings is 1. The summed E-state index contributed by atoms with van der Waals surface area (Å²) in [6.07, 6.45) is 4.14. The summed E-state index contributed by atoms with van der Waals surface area (Å²) in [5, 5.41) is 3.00. The molecule has 4 heteroatoms. The number of fused-ring (bicyclic) bond motifs is 1. The summed E-state index contributed by atoms with van der Waals surface area (Å²) in [5.74, 6) is 1.54. The Labute approximate surface area is 119 Å². The molecular weight excluding hydrogens is 254 g/mol. The first-order chi connectivity index (χ1) is 9.83. The van der Waals surface area contributed by atoms with Crippen molar-refractivity contribution in [1.82, 2.24) is 5.32 Å². The van der Waals surface area contributed by atoms with Gasteiger partial charge in [-0.15, -0.1) is 0 Å². The van der Waals surface area contributed by atoms with E-state index in [-0.39, 0.29) is 5.91 Å². The first kappa shape index (κ1) is 13.4. The van der Waals surface area contributed by atoms with Gasteiger partial charge in [0.1, 0.15) is 5.75 Å². The normalized spacial score (nSPS) is 21.1. The second-order valence-corrected chi connectivity index (χ2v) is 5.55. The van der Waals surface area contributed by atoms with Gasteiger partial charge < -0.3 is 14.8 Å². The Morgan fingerprint density at radius 2 is 2.30 bits per heavy atom. The molecule has 1 saturated heterocycles. The van der Waals surface area contributed by atoms with Crippen molar-refractivity contribution < 1.29 is 14.3 Å². The van der Waals surface area contributed by atoms with Crippen molar-refractivity contribution in [3.63, 3.8) is 0 Å². The number of nitrogens with one attached hydrogen (secondary N) is 1. The standard InChI is InChI=1S/C16H21NO3/c18-16(17-7-5-12-6-9-19-11-12)14-3-4-15-13(10-14)2-1-8-20-15/h3-4,10,12H,1-2,5-9,11H2,(H,17,18)/t12-/m1/s1. The fraction of sp³-hybridized carbons (Fsp3) is 0.562. The first-order valence-corrected chi connectivity index (χ1v) is 7.44. The van der Waals surface area contributed by atoms with E-state index in [0.29, 0.717) is 5.92 Å². The van der Waals surface area contributed by atoms with Crippen LogP contribution in [0.4, 0.5) is 0 Å². The fourth-order valence-corrected chi connectivity index (χ4v) is 2.80. The van der Waals surface area contributed by atoms with E-state index in [9.17, 15) is 4.79 Å². The van der Waals surface area contributed by atoms with Crippen LogP contribution in [0.2, 0.25) is 0 Å². The molecule has 20 heavy (non-hydrogen) atoms. The quantitative estimate of drug-likeness (QED) is 0.916. The average molecular weight is 275 g/mol. The molecule has 108 valence electrons. The third-order valence-electron chi connectivity index (χ3n) is 4.03. The van der Waals surface area contributed by atoms with Gasteiger partial charge in [-0.2, -0.15) is 0 Å². The zero-order chi connectivity index (χ0) is 13.8. The average Bonchev–Trinajstić information content (AvgIpc) is 3.00. The van der Waals surface area contributed by atoms with Crippen molar-refractivity contribution in [2.24, 2.45) is 5.92 Å². The Kier molecular flexibility index (Phi) is 4.21.